The molecule has 0 heterocycles. The predicted molar refractivity (Wildman–Crippen MR) is 78.6 cm³/mol. The van der Waals surface area contributed by atoms with Crippen LogP contribution < -0.4 is 5.32 Å². The summed E-state index contributed by atoms with van der Waals surface area (Å²) in [6.07, 6.45) is 0. The molecule has 0 saturated heterocycles. The fraction of sp³-hybridized carbons (Fsp3) is 0.200. The number of ether oxygens (including phenoxy) is 1. The van der Waals surface area contributed by atoms with Crippen LogP contribution in [0.4, 0.5) is 10.1 Å². The molecular weight excluding hydrogens is 309 g/mol. The molecule has 4 heteroatoms. The lowest BCUT2D eigenvalue weighted by Crippen LogP contribution is -2.03. The third kappa shape index (κ3) is 3.78. The van der Waals surface area contributed by atoms with E-state index in [1.807, 2.05) is 30.3 Å². The molecule has 0 aliphatic rings. The van der Waals surface area contributed by atoms with Crippen LogP contribution in [0.25, 0.3) is 0 Å². The summed E-state index contributed by atoms with van der Waals surface area (Å²) in [5.41, 5.74) is 2.68. The number of benzene rings is 2. The molecule has 0 aliphatic carbocycles. The Bertz CT molecular complexity index is 539. The zero-order valence-corrected chi connectivity index (χ0v) is 12.2. The Morgan fingerprint density at radius 3 is 2.63 bits per heavy atom. The van der Waals surface area contributed by atoms with Gasteiger partial charge < -0.3 is 10.1 Å². The summed E-state index contributed by atoms with van der Waals surface area (Å²) >= 11 is 3.34. The van der Waals surface area contributed by atoms with Crippen molar-refractivity contribution in [2.24, 2.45) is 0 Å². The summed E-state index contributed by atoms with van der Waals surface area (Å²) in [5.74, 6) is -0.262. The first-order chi connectivity index (χ1) is 9.20. The van der Waals surface area contributed by atoms with Gasteiger partial charge in [0.2, 0.25) is 0 Å². The van der Waals surface area contributed by atoms with Gasteiger partial charge in [-0.1, -0.05) is 30.3 Å². The molecule has 0 amide bonds. The highest BCUT2D eigenvalue weighted by Gasteiger charge is 2.05. The molecule has 1 N–H and O–H groups in total. The van der Waals surface area contributed by atoms with E-state index >= 15 is 0 Å². The molecule has 2 rings (SSSR count). The topological polar surface area (TPSA) is 21.3 Å². The summed E-state index contributed by atoms with van der Waals surface area (Å²) < 4.78 is 19.5. The Labute approximate surface area is 120 Å². The fourth-order valence-corrected chi connectivity index (χ4v) is 2.34. The molecule has 0 radical (unpaired) electrons. The van der Waals surface area contributed by atoms with Crippen molar-refractivity contribution in [1.29, 1.82) is 0 Å². The highest BCUT2D eigenvalue weighted by molar-refractivity contribution is 9.10. The largest absolute Gasteiger partial charge is 0.380 e. The minimum Gasteiger partial charge on any atom is -0.380 e. The average molecular weight is 324 g/mol. The van der Waals surface area contributed by atoms with Crippen LogP contribution in [0.3, 0.4) is 0 Å². The molecule has 100 valence electrons. The number of hydrogen-bond acceptors (Lipinski definition) is 2. The maximum absolute atomic E-state index is 13.6. The lowest BCUT2D eigenvalue weighted by molar-refractivity contribution is 0.185. The molecule has 2 aromatic rings. The van der Waals surface area contributed by atoms with Gasteiger partial charge >= 0.3 is 0 Å². The summed E-state index contributed by atoms with van der Waals surface area (Å²) in [6.45, 7) is 1.15. The first-order valence-electron chi connectivity index (χ1n) is 5.95. The number of halogens is 2. The van der Waals surface area contributed by atoms with Crippen molar-refractivity contribution in [3.63, 3.8) is 0 Å². The number of anilines is 1. The monoisotopic (exact) mass is 323 g/mol. The smallest absolute Gasteiger partial charge is 0.147 e. The fourth-order valence-electron chi connectivity index (χ4n) is 1.85. The molecule has 0 atom stereocenters. The van der Waals surface area contributed by atoms with Crippen LogP contribution in [0.2, 0.25) is 0 Å². The second-order valence-corrected chi connectivity index (χ2v) is 5.06. The van der Waals surface area contributed by atoms with E-state index in [1.165, 1.54) is 6.07 Å². The van der Waals surface area contributed by atoms with E-state index in [4.69, 9.17) is 4.74 Å². The van der Waals surface area contributed by atoms with Crippen LogP contribution >= 0.6 is 15.9 Å². The van der Waals surface area contributed by atoms with Crippen molar-refractivity contribution in [3.05, 3.63) is 63.9 Å². The quantitative estimate of drug-likeness (QED) is 0.883. The zero-order valence-electron chi connectivity index (χ0n) is 10.6. The summed E-state index contributed by atoms with van der Waals surface area (Å²) in [5, 5.41) is 3.10. The minimum absolute atomic E-state index is 0.262. The number of methoxy groups -OCH3 is 1. The van der Waals surface area contributed by atoms with Gasteiger partial charge in [-0.3, -0.25) is 0 Å². The van der Waals surface area contributed by atoms with Gasteiger partial charge in [0.1, 0.15) is 5.82 Å². The molecular formula is C15H15BrFNO. The number of para-hydroxylation sites is 1. The molecule has 0 aromatic heterocycles. The highest BCUT2D eigenvalue weighted by atomic mass is 79.9. The van der Waals surface area contributed by atoms with Crippen molar-refractivity contribution in [1.82, 2.24) is 0 Å². The molecule has 0 bridgehead atoms. The summed E-state index contributed by atoms with van der Waals surface area (Å²) in [7, 11) is 1.67. The van der Waals surface area contributed by atoms with Crippen LogP contribution in [0.5, 0.6) is 0 Å². The SMILES string of the molecule is COCc1cccc(CNc2c(F)cccc2Br)c1. The Morgan fingerprint density at radius 1 is 1.16 bits per heavy atom. The van der Waals surface area contributed by atoms with Gasteiger partial charge in [-0.15, -0.1) is 0 Å². The highest BCUT2D eigenvalue weighted by Crippen LogP contribution is 2.25. The Balaban J connectivity index is 2.08. The molecule has 0 saturated carbocycles. The van der Waals surface area contributed by atoms with E-state index in [-0.39, 0.29) is 5.82 Å². The lowest BCUT2D eigenvalue weighted by atomic mass is 10.1. The van der Waals surface area contributed by atoms with Gasteiger partial charge in [-0.2, -0.15) is 0 Å². The second-order valence-electron chi connectivity index (χ2n) is 4.20. The van der Waals surface area contributed by atoms with Crippen LogP contribution in [0, 0.1) is 5.82 Å². The average Bonchev–Trinajstić information content (AvgIpc) is 2.39. The third-order valence-electron chi connectivity index (χ3n) is 2.73. The van der Waals surface area contributed by atoms with E-state index in [1.54, 1.807) is 13.2 Å². The van der Waals surface area contributed by atoms with Crippen molar-refractivity contribution in [2.45, 2.75) is 13.2 Å². The number of nitrogens with one attached hydrogen (secondary N) is 1. The van der Waals surface area contributed by atoms with Gasteiger partial charge in [-0.05, 0) is 39.2 Å². The minimum atomic E-state index is -0.262. The predicted octanol–water partition coefficient (Wildman–Crippen LogP) is 4.35. The van der Waals surface area contributed by atoms with Gasteiger partial charge in [0.05, 0.1) is 12.3 Å². The van der Waals surface area contributed by atoms with Gasteiger partial charge in [0.15, 0.2) is 0 Å². The van der Waals surface area contributed by atoms with Crippen molar-refractivity contribution >= 4 is 21.6 Å². The molecule has 19 heavy (non-hydrogen) atoms. The van der Waals surface area contributed by atoms with Crippen LogP contribution in [-0.2, 0) is 17.9 Å². The number of hydrogen-bond donors (Lipinski definition) is 1. The van der Waals surface area contributed by atoms with Gasteiger partial charge in [0.25, 0.3) is 0 Å². The van der Waals surface area contributed by atoms with Crippen LogP contribution in [0.15, 0.2) is 46.9 Å². The molecule has 2 aromatic carbocycles. The first-order valence-corrected chi connectivity index (χ1v) is 6.74. The van der Waals surface area contributed by atoms with Crippen LogP contribution in [-0.4, -0.2) is 7.11 Å². The molecule has 0 fully saturated rings. The Kier molecular flexibility index (Phi) is 4.93. The second kappa shape index (κ2) is 6.68. The third-order valence-corrected chi connectivity index (χ3v) is 3.40. The maximum Gasteiger partial charge on any atom is 0.147 e. The van der Waals surface area contributed by atoms with E-state index in [0.29, 0.717) is 18.8 Å². The standard InChI is InChI=1S/C15H15BrFNO/c1-19-10-12-5-2-4-11(8-12)9-18-15-13(16)6-3-7-14(15)17/h2-8,18H,9-10H2,1H3. The Hall–Kier alpha value is -1.39. The van der Waals surface area contributed by atoms with Crippen molar-refractivity contribution in [3.8, 4) is 0 Å². The first kappa shape index (κ1) is 14.0. The molecule has 0 aliphatic heterocycles. The Morgan fingerprint density at radius 2 is 1.89 bits per heavy atom. The normalized spacial score (nSPS) is 10.5. The van der Waals surface area contributed by atoms with E-state index < -0.39 is 0 Å². The van der Waals surface area contributed by atoms with Gasteiger partial charge in [0, 0.05) is 18.1 Å². The lowest BCUT2D eigenvalue weighted by Gasteiger charge is -2.10. The van der Waals surface area contributed by atoms with E-state index in [9.17, 15) is 4.39 Å². The zero-order chi connectivity index (χ0) is 13.7. The molecule has 0 spiro atoms. The number of rotatable bonds is 5. The molecule has 2 nitrogen and oxygen atoms in total. The van der Waals surface area contributed by atoms with Crippen LogP contribution in [0.1, 0.15) is 11.1 Å². The van der Waals surface area contributed by atoms with Crippen molar-refractivity contribution < 1.29 is 9.13 Å². The van der Waals surface area contributed by atoms with E-state index in [0.717, 1.165) is 15.6 Å². The molecule has 0 unspecified atom stereocenters. The van der Waals surface area contributed by atoms with E-state index in [2.05, 4.69) is 21.2 Å². The summed E-state index contributed by atoms with van der Waals surface area (Å²) in [4.78, 5) is 0. The summed E-state index contributed by atoms with van der Waals surface area (Å²) in [6, 6.07) is 12.9. The van der Waals surface area contributed by atoms with Gasteiger partial charge in [-0.25, -0.2) is 4.39 Å². The maximum atomic E-state index is 13.6. The van der Waals surface area contributed by atoms with Crippen molar-refractivity contribution in [2.75, 3.05) is 12.4 Å².